The Bertz CT molecular complexity index is 678. The maximum atomic E-state index is 12.3. The third-order valence-electron chi connectivity index (χ3n) is 3.34. The Kier molecular flexibility index (Phi) is 2.98. The van der Waals surface area contributed by atoms with Gasteiger partial charge >= 0.3 is 0 Å². The molecule has 0 bridgehead atoms. The molecule has 0 atom stereocenters. The summed E-state index contributed by atoms with van der Waals surface area (Å²) in [6.45, 7) is 7.25. The van der Waals surface area contributed by atoms with Crippen LogP contribution < -0.4 is 10.9 Å². The van der Waals surface area contributed by atoms with E-state index in [2.05, 4.69) is 17.0 Å². The number of hydrogen-bond donors (Lipinski definition) is 1. The molecule has 2 aromatic heterocycles. The van der Waals surface area contributed by atoms with Crippen LogP contribution in [-0.2, 0) is 6.54 Å². The average molecular weight is 258 g/mol. The second-order valence-corrected chi connectivity index (χ2v) is 5.25. The minimum absolute atomic E-state index is 0.0179. The zero-order chi connectivity index (χ0) is 13.4. The highest BCUT2D eigenvalue weighted by atomic mass is 16.1. The molecule has 1 aliphatic rings. The summed E-state index contributed by atoms with van der Waals surface area (Å²) >= 11 is 0. The van der Waals surface area contributed by atoms with Gasteiger partial charge in [-0.3, -0.25) is 4.79 Å². The first-order valence-electron chi connectivity index (χ1n) is 6.59. The van der Waals surface area contributed by atoms with Gasteiger partial charge in [-0.1, -0.05) is 6.58 Å². The molecule has 0 unspecified atom stereocenters. The van der Waals surface area contributed by atoms with Crippen molar-refractivity contribution in [2.45, 2.75) is 32.4 Å². The van der Waals surface area contributed by atoms with E-state index in [0.29, 0.717) is 18.1 Å². The highest BCUT2D eigenvalue weighted by Gasteiger charge is 2.20. The van der Waals surface area contributed by atoms with E-state index in [9.17, 15) is 4.79 Å². The predicted molar refractivity (Wildman–Crippen MR) is 74.4 cm³/mol. The van der Waals surface area contributed by atoms with Gasteiger partial charge in [-0.25, -0.2) is 4.52 Å². The summed E-state index contributed by atoms with van der Waals surface area (Å²) in [4.78, 5) is 12.3. The van der Waals surface area contributed by atoms with Crippen LogP contribution in [0.4, 0.5) is 0 Å². The lowest BCUT2D eigenvalue weighted by Gasteiger charge is -2.09. The lowest BCUT2D eigenvalue weighted by Crippen LogP contribution is -2.26. The van der Waals surface area contributed by atoms with Gasteiger partial charge < -0.3 is 9.88 Å². The van der Waals surface area contributed by atoms with Crippen LogP contribution in [0.2, 0.25) is 0 Å². The largest absolute Gasteiger partial charge is 0.310 e. The molecule has 1 saturated carbocycles. The van der Waals surface area contributed by atoms with Crippen LogP contribution in [0.3, 0.4) is 0 Å². The molecule has 0 spiro atoms. The topological polar surface area (TPSA) is 51.3 Å². The number of aryl methyl sites for hydroxylation is 1. The van der Waals surface area contributed by atoms with Crippen LogP contribution >= 0.6 is 0 Å². The molecule has 1 aliphatic carbocycles. The lowest BCUT2D eigenvalue weighted by molar-refractivity contribution is 0.666. The van der Waals surface area contributed by atoms with Gasteiger partial charge in [0, 0.05) is 31.5 Å². The van der Waals surface area contributed by atoms with Crippen LogP contribution in [0.25, 0.3) is 5.52 Å². The molecule has 5 heteroatoms. The Morgan fingerprint density at radius 1 is 1.53 bits per heavy atom. The summed E-state index contributed by atoms with van der Waals surface area (Å²) in [5, 5.41) is 7.64. The van der Waals surface area contributed by atoms with Crippen LogP contribution in [0.5, 0.6) is 0 Å². The first kappa shape index (κ1) is 12.2. The maximum absolute atomic E-state index is 12.3. The molecule has 2 aromatic rings. The van der Waals surface area contributed by atoms with Crippen molar-refractivity contribution in [3.8, 4) is 0 Å². The van der Waals surface area contributed by atoms with Crippen molar-refractivity contribution < 1.29 is 0 Å². The fraction of sp³-hybridized carbons (Fsp3) is 0.429. The van der Waals surface area contributed by atoms with Gasteiger partial charge in [0.1, 0.15) is 5.52 Å². The number of rotatable bonds is 5. The smallest absolute Gasteiger partial charge is 0.276 e. The normalized spacial score (nSPS) is 15.0. The second kappa shape index (κ2) is 4.66. The molecule has 0 amide bonds. The molecular formula is C14H18N4O. The highest BCUT2D eigenvalue weighted by Crippen LogP contribution is 2.18. The number of aromatic nitrogens is 3. The molecule has 100 valence electrons. The molecule has 19 heavy (non-hydrogen) atoms. The molecule has 2 heterocycles. The molecule has 5 nitrogen and oxygen atoms in total. The van der Waals surface area contributed by atoms with Gasteiger partial charge in [-0.15, -0.1) is 0 Å². The quantitative estimate of drug-likeness (QED) is 0.817. The SMILES string of the molecule is C=C(CNC1CC1)Cn1ccn2nc(C)cc2c1=O. The van der Waals surface area contributed by atoms with Gasteiger partial charge in [0.2, 0.25) is 0 Å². The van der Waals surface area contributed by atoms with Crippen molar-refractivity contribution in [1.29, 1.82) is 0 Å². The minimum atomic E-state index is -0.0179. The van der Waals surface area contributed by atoms with E-state index in [-0.39, 0.29) is 5.56 Å². The maximum Gasteiger partial charge on any atom is 0.276 e. The van der Waals surface area contributed by atoms with E-state index >= 15 is 0 Å². The van der Waals surface area contributed by atoms with Crippen molar-refractivity contribution in [1.82, 2.24) is 19.5 Å². The van der Waals surface area contributed by atoms with Crippen molar-refractivity contribution in [2.24, 2.45) is 0 Å². The van der Waals surface area contributed by atoms with E-state index in [4.69, 9.17) is 0 Å². The third kappa shape index (κ3) is 2.61. The minimum Gasteiger partial charge on any atom is -0.310 e. The standard InChI is InChI=1S/C14H18N4O/c1-10(8-15-12-3-4-12)9-17-5-6-18-13(14(17)19)7-11(2)16-18/h5-7,12,15H,1,3-4,8-9H2,2H3. The number of hydrogen-bond acceptors (Lipinski definition) is 3. The highest BCUT2D eigenvalue weighted by molar-refractivity contribution is 5.44. The van der Waals surface area contributed by atoms with Gasteiger partial charge in [0.25, 0.3) is 5.56 Å². The second-order valence-electron chi connectivity index (χ2n) is 5.25. The molecule has 0 saturated heterocycles. The van der Waals surface area contributed by atoms with Crippen molar-refractivity contribution in [3.63, 3.8) is 0 Å². The van der Waals surface area contributed by atoms with Crippen LogP contribution in [0.15, 0.2) is 35.4 Å². The molecule has 1 fully saturated rings. The molecule has 1 N–H and O–H groups in total. The summed E-state index contributed by atoms with van der Waals surface area (Å²) in [5.74, 6) is 0. The van der Waals surface area contributed by atoms with Crippen molar-refractivity contribution in [3.05, 3.63) is 46.7 Å². The molecule has 0 aromatic carbocycles. The first-order valence-corrected chi connectivity index (χ1v) is 6.59. The summed E-state index contributed by atoms with van der Waals surface area (Å²) < 4.78 is 3.31. The molecular weight excluding hydrogens is 240 g/mol. The Balaban J connectivity index is 1.78. The van der Waals surface area contributed by atoms with Crippen molar-refractivity contribution >= 4 is 5.52 Å². The zero-order valence-corrected chi connectivity index (χ0v) is 11.1. The van der Waals surface area contributed by atoms with E-state index in [1.165, 1.54) is 12.8 Å². The van der Waals surface area contributed by atoms with Gasteiger partial charge in [-0.05, 0) is 31.4 Å². The Morgan fingerprint density at radius 2 is 2.32 bits per heavy atom. The number of nitrogens with zero attached hydrogens (tertiary/aromatic N) is 3. The first-order chi connectivity index (χ1) is 9.13. The summed E-state index contributed by atoms with van der Waals surface area (Å²) in [6, 6.07) is 2.47. The van der Waals surface area contributed by atoms with E-state index < -0.39 is 0 Å². The van der Waals surface area contributed by atoms with Crippen LogP contribution in [0.1, 0.15) is 18.5 Å². The Hall–Kier alpha value is -1.88. The number of fused-ring (bicyclic) bond motifs is 1. The summed E-state index contributed by atoms with van der Waals surface area (Å²) in [6.07, 6.45) is 6.10. The fourth-order valence-corrected chi connectivity index (χ4v) is 2.15. The predicted octanol–water partition coefficient (Wildman–Crippen LogP) is 1.11. The van der Waals surface area contributed by atoms with Crippen LogP contribution in [0, 0.1) is 6.92 Å². The average Bonchev–Trinajstić information content (AvgIpc) is 3.12. The van der Waals surface area contributed by atoms with E-state index in [1.54, 1.807) is 15.3 Å². The molecule has 0 radical (unpaired) electrons. The summed E-state index contributed by atoms with van der Waals surface area (Å²) in [5.41, 5.74) is 2.47. The van der Waals surface area contributed by atoms with Crippen molar-refractivity contribution in [2.75, 3.05) is 6.54 Å². The van der Waals surface area contributed by atoms with Crippen LogP contribution in [-0.4, -0.2) is 26.8 Å². The summed E-state index contributed by atoms with van der Waals surface area (Å²) in [7, 11) is 0. The van der Waals surface area contributed by atoms with Gasteiger partial charge in [0.05, 0.1) is 5.69 Å². The Morgan fingerprint density at radius 3 is 3.05 bits per heavy atom. The van der Waals surface area contributed by atoms with Gasteiger partial charge in [0.15, 0.2) is 0 Å². The van der Waals surface area contributed by atoms with E-state index in [0.717, 1.165) is 17.8 Å². The number of nitrogens with one attached hydrogen (secondary N) is 1. The third-order valence-corrected chi connectivity index (χ3v) is 3.34. The van der Waals surface area contributed by atoms with E-state index in [1.807, 2.05) is 19.2 Å². The Labute approximate surface area is 111 Å². The fourth-order valence-electron chi connectivity index (χ4n) is 2.15. The molecule has 0 aliphatic heterocycles. The molecule has 3 rings (SSSR count). The zero-order valence-electron chi connectivity index (χ0n) is 11.1. The lowest BCUT2D eigenvalue weighted by atomic mass is 10.3. The van der Waals surface area contributed by atoms with Gasteiger partial charge in [-0.2, -0.15) is 5.10 Å². The monoisotopic (exact) mass is 258 g/mol.